The Hall–Kier alpha value is -2.02. The van der Waals surface area contributed by atoms with Crippen LogP contribution in [-0.2, 0) is 9.47 Å². The van der Waals surface area contributed by atoms with Crippen molar-refractivity contribution >= 4 is 16.8 Å². The first kappa shape index (κ1) is 17.4. The van der Waals surface area contributed by atoms with Crippen molar-refractivity contribution in [3.05, 3.63) is 41.6 Å². The van der Waals surface area contributed by atoms with Gasteiger partial charge in [-0.15, -0.1) is 0 Å². The first-order chi connectivity index (χ1) is 12.6. The summed E-state index contributed by atoms with van der Waals surface area (Å²) in [6, 6.07) is 9.77. The standard InChI is InChI=1S/C20H25N3O3/c1-15-3-4-16-11-17(5-6-18(16)21-15)19(24)23-9-7-22(8-10-23)12-20(25-2)13-26-14-20/h3-6,11H,7-10,12-14H2,1-2H3. The van der Waals surface area contributed by atoms with Gasteiger partial charge in [0.1, 0.15) is 5.60 Å². The van der Waals surface area contributed by atoms with Gasteiger partial charge in [0.2, 0.25) is 0 Å². The minimum absolute atomic E-state index is 0.0977. The van der Waals surface area contributed by atoms with Gasteiger partial charge in [0.25, 0.3) is 5.91 Å². The van der Waals surface area contributed by atoms with Crippen LogP contribution in [0.1, 0.15) is 16.1 Å². The number of pyridine rings is 1. The van der Waals surface area contributed by atoms with Crippen LogP contribution >= 0.6 is 0 Å². The number of methoxy groups -OCH3 is 1. The van der Waals surface area contributed by atoms with Crippen molar-refractivity contribution in [3.63, 3.8) is 0 Å². The second kappa shape index (κ2) is 6.95. The predicted molar refractivity (Wildman–Crippen MR) is 99.4 cm³/mol. The lowest BCUT2D eigenvalue weighted by Crippen LogP contribution is -2.61. The minimum atomic E-state index is -0.157. The van der Waals surface area contributed by atoms with Gasteiger partial charge in [-0.05, 0) is 31.2 Å². The maximum atomic E-state index is 12.9. The van der Waals surface area contributed by atoms with Crippen molar-refractivity contribution in [1.82, 2.24) is 14.8 Å². The van der Waals surface area contributed by atoms with Gasteiger partial charge < -0.3 is 14.4 Å². The fourth-order valence-electron chi connectivity index (χ4n) is 3.66. The van der Waals surface area contributed by atoms with E-state index in [1.54, 1.807) is 7.11 Å². The molecule has 2 aliphatic heterocycles. The maximum Gasteiger partial charge on any atom is 0.253 e. The molecule has 0 spiro atoms. The molecule has 26 heavy (non-hydrogen) atoms. The second-order valence-electron chi connectivity index (χ2n) is 7.31. The summed E-state index contributed by atoms with van der Waals surface area (Å²) in [5.74, 6) is 0.0977. The second-order valence-corrected chi connectivity index (χ2v) is 7.31. The van der Waals surface area contributed by atoms with Crippen LogP contribution in [0, 0.1) is 6.92 Å². The smallest absolute Gasteiger partial charge is 0.253 e. The summed E-state index contributed by atoms with van der Waals surface area (Å²) >= 11 is 0. The molecule has 3 heterocycles. The molecule has 2 fully saturated rings. The number of aryl methyl sites for hydroxylation is 1. The Labute approximate surface area is 153 Å². The summed E-state index contributed by atoms with van der Waals surface area (Å²) in [6.07, 6.45) is 0. The van der Waals surface area contributed by atoms with E-state index in [1.165, 1.54) is 0 Å². The number of ether oxygens (including phenoxy) is 2. The molecule has 0 N–H and O–H groups in total. The Kier molecular flexibility index (Phi) is 4.65. The monoisotopic (exact) mass is 355 g/mol. The van der Waals surface area contributed by atoms with E-state index < -0.39 is 0 Å². The SMILES string of the molecule is COC1(CN2CCN(C(=O)c3ccc4nc(C)ccc4c3)CC2)COC1. The van der Waals surface area contributed by atoms with E-state index in [-0.39, 0.29) is 11.5 Å². The van der Waals surface area contributed by atoms with Gasteiger partial charge in [0, 0.05) is 56.5 Å². The lowest BCUT2D eigenvalue weighted by molar-refractivity contribution is -0.205. The van der Waals surface area contributed by atoms with Gasteiger partial charge in [0.15, 0.2) is 0 Å². The molecule has 0 unspecified atom stereocenters. The topological polar surface area (TPSA) is 54.9 Å². The molecular weight excluding hydrogens is 330 g/mol. The van der Waals surface area contributed by atoms with E-state index in [9.17, 15) is 4.79 Å². The van der Waals surface area contributed by atoms with Crippen molar-refractivity contribution in [2.45, 2.75) is 12.5 Å². The number of amides is 1. The highest BCUT2D eigenvalue weighted by Crippen LogP contribution is 2.23. The Morgan fingerprint density at radius 2 is 1.96 bits per heavy atom. The van der Waals surface area contributed by atoms with Crippen LogP contribution in [0.2, 0.25) is 0 Å². The molecule has 0 radical (unpaired) electrons. The highest BCUT2D eigenvalue weighted by atomic mass is 16.6. The number of nitrogens with zero attached hydrogens (tertiary/aromatic N) is 3. The molecule has 6 nitrogen and oxygen atoms in total. The summed E-state index contributed by atoms with van der Waals surface area (Å²) in [5.41, 5.74) is 2.49. The molecule has 0 atom stereocenters. The fraction of sp³-hybridized carbons (Fsp3) is 0.500. The molecular formula is C20H25N3O3. The molecule has 1 aromatic heterocycles. The third kappa shape index (κ3) is 3.32. The molecule has 0 aliphatic carbocycles. The number of carbonyl (C=O) groups is 1. The van der Waals surface area contributed by atoms with E-state index in [1.807, 2.05) is 42.2 Å². The number of piperazine rings is 1. The molecule has 0 bridgehead atoms. The highest BCUT2D eigenvalue weighted by molar-refractivity contribution is 5.98. The third-order valence-electron chi connectivity index (χ3n) is 5.41. The van der Waals surface area contributed by atoms with Crippen molar-refractivity contribution in [1.29, 1.82) is 0 Å². The Bertz CT molecular complexity index is 806. The number of benzene rings is 1. The molecule has 2 aromatic rings. The summed E-state index contributed by atoms with van der Waals surface area (Å²) < 4.78 is 10.9. The maximum absolute atomic E-state index is 12.9. The summed E-state index contributed by atoms with van der Waals surface area (Å²) in [4.78, 5) is 21.7. The zero-order chi connectivity index (χ0) is 18.1. The van der Waals surface area contributed by atoms with E-state index >= 15 is 0 Å². The summed E-state index contributed by atoms with van der Waals surface area (Å²) in [6.45, 7) is 7.37. The quantitative estimate of drug-likeness (QED) is 0.836. The van der Waals surface area contributed by atoms with Crippen molar-refractivity contribution in [3.8, 4) is 0 Å². The number of rotatable bonds is 4. The molecule has 138 valence electrons. The molecule has 6 heteroatoms. The van der Waals surface area contributed by atoms with Crippen LogP contribution in [-0.4, -0.2) is 79.3 Å². The van der Waals surface area contributed by atoms with Crippen LogP contribution in [0.3, 0.4) is 0 Å². The van der Waals surface area contributed by atoms with Gasteiger partial charge in [-0.1, -0.05) is 6.07 Å². The lowest BCUT2D eigenvalue weighted by atomic mass is 10.0. The van der Waals surface area contributed by atoms with Crippen LogP contribution in [0.15, 0.2) is 30.3 Å². The lowest BCUT2D eigenvalue weighted by Gasteiger charge is -2.45. The van der Waals surface area contributed by atoms with Gasteiger partial charge in [0.05, 0.1) is 18.7 Å². The van der Waals surface area contributed by atoms with Crippen LogP contribution in [0.25, 0.3) is 10.9 Å². The fourth-order valence-corrected chi connectivity index (χ4v) is 3.66. The van der Waals surface area contributed by atoms with Crippen LogP contribution in [0.4, 0.5) is 0 Å². The van der Waals surface area contributed by atoms with Gasteiger partial charge >= 0.3 is 0 Å². The van der Waals surface area contributed by atoms with Gasteiger partial charge in [-0.25, -0.2) is 0 Å². The van der Waals surface area contributed by atoms with E-state index in [0.717, 1.165) is 54.9 Å². The molecule has 2 saturated heterocycles. The zero-order valence-electron chi connectivity index (χ0n) is 15.4. The first-order valence-electron chi connectivity index (χ1n) is 9.11. The number of fused-ring (bicyclic) bond motifs is 1. The average molecular weight is 355 g/mol. The number of hydrogen-bond donors (Lipinski definition) is 0. The Balaban J connectivity index is 1.39. The van der Waals surface area contributed by atoms with E-state index in [2.05, 4.69) is 9.88 Å². The van der Waals surface area contributed by atoms with Crippen molar-refractivity contribution < 1.29 is 14.3 Å². The molecule has 2 aliphatic rings. The predicted octanol–water partition coefficient (Wildman–Crippen LogP) is 1.72. The minimum Gasteiger partial charge on any atom is -0.375 e. The molecule has 1 amide bonds. The van der Waals surface area contributed by atoms with Crippen LogP contribution < -0.4 is 0 Å². The average Bonchev–Trinajstić information content (AvgIpc) is 2.64. The molecule has 4 rings (SSSR count). The van der Waals surface area contributed by atoms with E-state index in [0.29, 0.717) is 13.2 Å². The number of aromatic nitrogens is 1. The Morgan fingerprint density at radius 3 is 2.62 bits per heavy atom. The van der Waals surface area contributed by atoms with E-state index in [4.69, 9.17) is 9.47 Å². The van der Waals surface area contributed by atoms with Crippen molar-refractivity contribution in [2.24, 2.45) is 0 Å². The molecule has 1 aromatic carbocycles. The van der Waals surface area contributed by atoms with Crippen molar-refractivity contribution in [2.75, 3.05) is 53.0 Å². The summed E-state index contributed by atoms with van der Waals surface area (Å²) in [5, 5.41) is 1.01. The molecule has 0 saturated carbocycles. The Morgan fingerprint density at radius 1 is 1.19 bits per heavy atom. The summed E-state index contributed by atoms with van der Waals surface area (Å²) in [7, 11) is 1.75. The largest absolute Gasteiger partial charge is 0.375 e. The normalized spacial score (nSPS) is 20.2. The highest BCUT2D eigenvalue weighted by Gasteiger charge is 2.41. The first-order valence-corrected chi connectivity index (χ1v) is 9.11. The van der Waals surface area contributed by atoms with Gasteiger partial charge in [-0.2, -0.15) is 0 Å². The van der Waals surface area contributed by atoms with Gasteiger partial charge in [-0.3, -0.25) is 14.7 Å². The van der Waals surface area contributed by atoms with Crippen LogP contribution in [0.5, 0.6) is 0 Å². The number of hydrogen-bond acceptors (Lipinski definition) is 5. The number of carbonyl (C=O) groups excluding carboxylic acids is 1. The third-order valence-corrected chi connectivity index (χ3v) is 5.41. The zero-order valence-corrected chi connectivity index (χ0v) is 15.4.